The van der Waals surface area contributed by atoms with Crippen LogP contribution in [0, 0.1) is 0 Å². The molecule has 1 unspecified atom stereocenters. The molecule has 4 heterocycles. The fourth-order valence-electron chi connectivity index (χ4n) is 7.39. The number of fused-ring (bicyclic) bond motifs is 1. The fraction of sp³-hybridized carbons (Fsp3) is 0.559. The largest absolute Gasteiger partial charge is 0.509 e. The van der Waals surface area contributed by atoms with Crippen molar-refractivity contribution in [3.8, 4) is 5.75 Å². The number of anilines is 1. The van der Waals surface area contributed by atoms with Crippen LogP contribution in [-0.4, -0.2) is 142 Å². The molecule has 0 saturated carbocycles. The minimum Gasteiger partial charge on any atom is -0.509 e. The predicted octanol–water partition coefficient (Wildman–Crippen LogP) is 1.69. The van der Waals surface area contributed by atoms with Crippen molar-refractivity contribution < 1.29 is 28.4 Å². The zero-order chi connectivity index (χ0) is 33.8. The second kappa shape index (κ2) is 15.3. The Morgan fingerprint density at radius 2 is 1.62 bits per heavy atom. The van der Waals surface area contributed by atoms with E-state index < -0.39 is 23.2 Å². The standard InChI is InChI=1S/C34H45BN6O6S/c1-48(46)40-15-11-26(12-16-40)37-18-20-38(21-19-37)32(43)31(23-24-6-7-30(42)28(35)22-24)47-34(45)39-13-9-27(10-14-39)41-17-8-25-4-2-3-5-29(25)36-33(41)44/h2-7,22,26-27,31,42H,8-21,23H2,1H3,(H,36,44)/t31-,48?/m1/s1. The van der Waals surface area contributed by atoms with E-state index in [1.165, 1.54) is 6.07 Å². The molecule has 2 N–H and O–H groups in total. The zero-order valence-corrected chi connectivity index (χ0v) is 28.4. The average Bonchev–Trinajstić information content (AvgIpc) is 3.27. The third kappa shape index (κ3) is 7.98. The van der Waals surface area contributed by atoms with E-state index in [2.05, 4.69) is 10.2 Å². The maximum atomic E-state index is 13.9. The van der Waals surface area contributed by atoms with Gasteiger partial charge in [0.1, 0.15) is 13.6 Å². The van der Waals surface area contributed by atoms with Gasteiger partial charge in [0.05, 0.1) is 11.0 Å². The molecular weight excluding hydrogens is 631 g/mol. The van der Waals surface area contributed by atoms with Gasteiger partial charge in [0.15, 0.2) is 6.10 Å². The molecule has 0 spiro atoms. The number of hydrogen-bond donors (Lipinski definition) is 2. The smallest absolute Gasteiger partial charge is 0.410 e. The molecule has 3 fully saturated rings. The van der Waals surface area contributed by atoms with Gasteiger partial charge in [-0.15, -0.1) is 0 Å². The molecule has 2 radical (unpaired) electrons. The first-order valence-electron chi connectivity index (χ1n) is 17.0. The van der Waals surface area contributed by atoms with E-state index in [0.29, 0.717) is 57.2 Å². The number of rotatable bonds is 7. The van der Waals surface area contributed by atoms with Crippen LogP contribution in [0.3, 0.4) is 0 Å². The SMILES string of the molecule is [B]c1cc(C[C@@H](OC(=O)N2CCC(N3CCc4ccccc4NC3=O)CC2)C(=O)N2CCN(C3CCN(S(C)=O)CC3)CC2)ccc1O. The van der Waals surface area contributed by atoms with Crippen LogP contribution in [0.5, 0.6) is 5.75 Å². The highest BCUT2D eigenvalue weighted by Gasteiger charge is 2.36. The number of para-hydroxylation sites is 1. The molecule has 2 atom stereocenters. The fourth-order valence-corrected chi connectivity index (χ4v) is 8.12. The molecule has 6 rings (SSSR count). The van der Waals surface area contributed by atoms with Gasteiger partial charge in [0.25, 0.3) is 5.91 Å². The highest BCUT2D eigenvalue weighted by Crippen LogP contribution is 2.26. The number of piperidine rings is 2. The summed E-state index contributed by atoms with van der Waals surface area (Å²) in [5, 5.41) is 13.0. The van der Waals surface area contributed by atoms with Crippen LogP contribution in [0.1, 0.15) is 36.8 Å². The zero-order valence-electron chi connectivity index (χ0n) is 27.6. The number of aromatic hydroxyl groups is 1. The number of carbonyl (C=O) groups is 3. The first-order valence-corrected chi connectivity index (χ1v) is 18.5. The Labute approximate surface area is 286 Å². The lowest BCUT2D eigenvalue weighted by atomic mass is 9.91. The van der Waals surface area contributed by atoms with Gasteiger partial charge in [-0.1, -0.05) is 35.8 Å². The number of likely N-dealkylation sites (tertiary alicyclic amines) is 1. The molecular formula is C34H45BN6O6S. The normalized spacial score (nSPS) is 21.6. The topological polar surface area (TPSA) is 126 Å². The van der Waals surface area contributed by atoms with E-state index in [4.69, 9.17) is 12.6 Å². The Bertz CT molecular complexity index is 1510. The number of carbonyl (C=O) groups excluding carboxylic acids is 3. The summed E-state index contributed by atoms with van der Waals surface area (Å²) in [5.41, 5.74) is 2.83. The minimum atomic E-state index is -1.05. The van der Waals surface area contributed by atoms with Crippen molar-refractivity contribution in [2.45, 2.75) is 56.7 Å². The second-order valence-electron chi connectivity index (χ2n) is 13.2. The third-order valence-electron chi connectivity index (χ3n) is 10.3. The van der Waals surface area contributed by atoms with E-state index in [-0.39, 0.29) is 35.6 Å². The van der Waals surface area contributed by atoms with Crippen molar-refractivity contribution in [3.63, 3.8) is 0 Å². The maximum absolute atomic E-state index is 13.9. The van der Waals surface area contributed by atoms with Gasteiger partial charge in [-0.05, 0) is 55.4 Å². The molecule has 12 nitrogen and oxygen atoms in total. The molecule has 4 aliphatic rings. The number of hydrogen-bond acceptors (Lipinski definition) is 7. The molecule has 48 heavy (non-hydrogen) atoms. The van der Waals surface area contributed by atoms with Gasteiger partial charge in [0, 0.05) is 89.4 Å². The number of phenols is 1. The summed E-state index contributed by atoms with van der Waals surface area (Å²) in [6, 6.07) is 12.9. The number of nitrogens with zero attached hydrogens (tertiary/aromatic N) is 5. The van der Waals surface area contributed by atoms with Gasteiger partial charge >= 0.3 is 12.1 Å². The number of piperazine rings is 1. The monoisotopic (exact) mass is 676 g/mol. The van der Waals surface area contributed by atoms with Crippen LogP contribution in [-0.2, 0) is 33.4 Å². The summed E-state index contributed by atoms with van der Waals surface area (Å²) in [6.07, 6.45) is 4.13. The van der Waals surface area contributed by atoms with E-state index in [9.17, 15) is 23.7 Å². The van der Waals surface area contributed by atoms with Crippen molar-refractivity contribution in [1.82, 2.24) is 23.9 Å². The van der Waals surface area contributed by atoms with Crippen molar-refractivity contribution in [3.05, 3.63) is 53.6 Å². The summed E-state index contributed by atoms with van der Waals surface area (Å²) < 4.78 is 19.8. The molecule has 0 bridgehead atoms. The Balaban J connectivity index is 1.06. The number of benzene rings is 2. The maximum Gasteiger partial charge on any atom is 0.410 e. The van der Waals surface area contributed by atoms with Gasteiger partial charge in [-0.3, -0.25) is 9.69 Å². The Kier molecular flexibility index (Phi) is 10.9. The summed E-state index contributed by atoms with van der Waals surface area (Å²) in [5.74, 6) is -0.294. The van der Waals surface area contributed by atoms with E-state index >= 15 is 0 Å². The lowest BCUT2D eigenvalue weighted by Crippen LogP contribution is -2.56. The summed E-state index contributed by atoms with van der Waals surface area (Å²) in [4.78, 5) is 48.2. The quantitative estimate of drug-likeness (QED) is 0.428. The number of nitrogens with one attached hydrogen (secondary N) is 1. The van der Waals surface area contributed by atoms with E-state index in [0.717, 1.165) is 56.7 Å². The lowest BCUT2D eigenvalue weighted by Gasteiger charge is -2.43. The van der Waals surface area contributed by atoms with Gasteiger partial charge in [0.2, 0.25) is 0 Å². The molecule has 3 saturated heterocycles. The Hall–Kier alpha value is -3.62. The van der Waals surface area contributed by atoms with Gasteiger partial charge in [-0.25, -0.2) is 18.1 Å². The molecule has 2 aromatic carbocycles. The molecule has 0 aliphatic carbocycles. The molecule has 2 aromatic rings. The number of amides is 4. The lowest BCUT2D eigenvalue weighted by molar-refractivity contribution is -0.143. The number of phenolic OH excluding ortho intramolecular Hbond substituents is 1. The van der Waals surface area contributed by atoms with Crippen LogP contribution in [0.15, 0.2) is 42.5 Å². The van der Waals surface area contributed by atoms with Crippen LogP contribution >= 0.6 is 0 Å². The first-order chi connectivity index (χ1) is 23.2. The molecule has 0 aromatic heterocycles. The van der Waals surface area contributed by atoms with Crippen LogP contribution < -0.4 is 10.8 Å². The van der Waals surface area contributed by atoms with Crippen LogP contribution in [0.4, 0.5) is 15.3 Å². The van der Waals surface area contributed by atoms with Crippen molar-refractivity contribution in [2.24, 2.45) is 0 Å². The van der Waals surface area contributed by atoms with Crippen LogP contribution in [0.2, 0.25) is 0 Å². The highest BCUT2D eigenvalue weighted by atomic mass is 32.2. The van der Waals surface area contributed by atoms with Crippen molar-refractivity contribution in [1.29, 1.82) is 0 Å². The summed E-state index contributed by atoms with van der Waals surface area (Å²) in [6.45, 7) is 5.54. The van der Waals surface area contributed by atoms with E-state index in [1.807, 2.05) is 33.5 Å². The molecule has 256 valence electrons. The number of ether oxygens (including phenoxy) is 1. The Morgan fingerprint density at radius 3 is 2.31 bits per heavy atom. The first kappa shape index (κ1) is 34.3. The van der Waals surface area contributed by atoms with Crippen molar-refractivity contribution >= 4 is 48.0 Å². The number of urea groups is 1. The third-order valence-corrected chi connectivity index (χ3v) is 11.4. The summed E-state index contributed by atoms with van der Waals surface area (Å²) >= 11 is 0. The van der Waals surface area contributed by atoms with E-state index in [1.54, 1.807) is 28.2 Å². The molecule has 14 heteroatoms. The van der Waals surface area contributed by atoms with Crippen molar-refractivity contribution in [2.75, 3.05) is 70.5 Å². The van der Waals surface area contributed by atoms with Gasteiger partial charge < -0.3 is 29.9 Å². The molecule has 4 amide bonds. The summed E-state index contributed by atoms with van der Waals surface area (Å²) in [7, 11) is 4.99. The molecule has 4 aliphatic heterocycles. The van der Waals surface area contributed by atoms with Crippen LogP contribution in [0.25, 0.3) is 0 Å². The predicted molar refractivity (Wildman–Crippen MR) is 185 cm³/mol. The Morgan fingerprint density at radius 1 is 0.938 bits per heavy atom. The van der Waals surface area contributed by atoms with Gasteiger partial charge in [-0.2, -0.15) is 0 Å². The highest BCUT2D eigenvalue weighted by molar-refractivity contribution is 7.81. The minimum absolute atomic E-state index is 0.00609. The second-order valence-corrected chi connectivity index (χ2v) is 14.5. The average molecular weight is 677 g/mol.